The number of para-hydroxylation sites is 1. The number of rotatable bonds is 2. The van der Waals surface area contributed by atoms with Gasteiger partial charge in [-0.3, -0.25) is 9.78 Å². The third kappa shape index (κ3) is 2.18. The third-order valence-electron chi connectivity index (χ3n) is 3.77. The van der Waals surface area contributed by atoms with E-state index in [4.69, 9.17) is 0 Å². The maximum atomic E-state index is 12.6. The third-order valence-corrected chi connectivity index (χ3v) is 3.77. The van der Waals surface area contributed by atoms with Gasteiger partial charge in [0.25, 0.3) is 5.91 Å². The van der Waals surface area contributed by atoms with Crippen LogP contribution in [-0.2, 0) is 0 Å². The Morgan fingerprint density at radius 1 is 1.25 bits per heavy atom. The van der Waals surface area contributed by atoms with E-state index in [0.29, 0.717) is 11.6 Å². The van der Waals surface area contributed by atoms with E-state index in [-0.39, 0.29) is 5.91 Å². The summed E-state index contributed by atoms with van der Waals surface area (Å²) in [7, 11) is 1.96. The molecule has 0 spiro atoms. The zero-order valence-electron chi connectivity index (χ0n) is 11.4. The number of pyridine rings is 1. The topological polar surface area (TPSA) is 45.2 Å². The molecule has 0 saturated carbocycles. The second kappa shape index (κ2) is 5.43. The van der Waals surface area contributed by atoms with Crippen LogP contribution in [0.4, 0.5) is 5.69 Å². The Hall–Kier alpha value is -2.20. The van der Waals surface area contributed by atoms with Gasteiger partial charge in [0.2, 0.25) is 0 Å². The largest absolute Gasteiger partial charge is 0.313 e. The maximum absolute atomic E-state index is 12.6. The van der Waals surface area contributed by atoms with Crippen molar-refractivity contribution in [3.8, 4) is 0 Å². The molecule has 1 aliphatic heterocycles. The van der Waals surface area contributed by atoms with Crippen molar-refractivity contribution in [3.63, 3.8) is 0 Å². The molecular formula is C16H17N3O. The quantitative estimate of drug-likeness (QED) is 0.908. The number of aromatic nitrogens is 1. The van der Waals surface area contributed by atoms with E-state index >= 15 is 0 Å². The number of fused-ring (bicyclic) bond motifs is 1. The molecule has 102 valence electrons. The number of nitrogens with one attached hydrogen (secondary N) is 1. The Balaban J connectivity index is 1.98. The van der Waals surface area contributed by atoms with Crippen LogP contribution >= 0.6 is 0 Å². The van der Waals surface area contributed by atoms with Crippen molar-refractivity contribution in [2.24, 2.45) is 0 Å². The molecule has 20 heavy (non-hydrogen) atoms. The Kier molecular flexibility index (Phi) is 3.48. The van der Waals surface area contributed by atoms with E-state index in [2.05, 4.69) is 16.4 Å². The van der Waals surface area contributed by atoms with Crippen LogP contribution in [0.25, 0.3) is 0 Å². The fourth-order valence-electron chi connectivity index (χ4n) is 2.72. The average Bonchev–Trinajstić information content (AvgIpc) is 2.54. The van der Waals surface area contributed by atoms with E-state index < -0.39 is 0 Å². The molecule has 1 aromatic heterocycles. The highest BCUT2D eigenvalue weighted by Gasteiger charge is 2.27. The van der Waals surface area contributed by atoms with Crippen molar-refractivity contribution in [2.45, 2.75) is 12.5 Å². The molecule has 3 rings (SSSR count). The highest BCUT2D eigenvalue weighted by molar-refractivity contribution is 6.06. The first kappa shape index (κ1) is 12.8. The summed E-state index contributed by atoms with van der Waals surface area (Å²) in [6.07, 6.45) is 4.23. The molecule has 4 nitrogen and oxygen atoms in total. The summed E-state index contributed by atoms with van der Waals surface area (Å²) in [6, 6.07) is 11.9. The van der Waals surface area contributed by atoms with Gasteiger partial charge < -0.3 is 10.2 Å². The zero-order valence-corrected chi connectivity index (χ0v) is 11.4. The van der Waals surface area contributed by atoms with Gasteiger partial charge in [0, 0.05) is 36.2 Å². The Labute approximate surface area is 118 Å². The number of anilines is 1. The minimum atomic E-state index is 0.0365. The first-order valence-corrected chi connectivity index (χ1v) is 6.79. The number of amides is 1. The molecule has 1 unspecified atom stereocenters. The number of nitrogens with zero attached hydrogens (tertiary/aromatic N) is 2. The summed E-state index contributed by atoms with van der Waals surface area (Å²) in [5.41, 5.74) is 2.86. The minimum Gasteiger partial charge on any atom is -0.313 e. The van der Waals surface area contributed by atoms with Crippen LogP contribution in [0, 0.1) is 0 Å². The second-order valence-electron chi connectivity index (χ2n) is 4.88. The van der Waals surface area contributed by atoms with Gasteiger partial charge in [0.05, 0.1) is 0 Å². The number of carbonyl (C=O) groups is 1. The van der Waals surface area contributed by atoms with Crippen LogP contribution < -0.4 is 10.2 Å². The van der Waals surface area contributed by atoms with Crippen LogP contribution in [0.2, 0.25) is 0 Å². The molecule has 0 aliphatic carbocycles. The molecule has 1 aliphatic rings. The van der Waals surface area contributed by atoms with Gasteiger partial charge in [-0.15, -0.1) is 0 Å². The van der Waals surface area contributed by atoms with Crippen molar-refractivity contribution in [1.82, 2.24) is 10.3 Å². The summed E-state index contributed by atoms with van der Waals surface area (Å²) >= 11 is 0. The van der Waals surface area contributed by atoms with Gasteiger partial charge in [-0.05, 0) is 37.2 Å². The Bertz CT molecular complexity index is 612. The minimum absolute atomic E-state index is 0.0365. The molecule has 2 aromatic rings. The van der Waals surface area contributed by atoms with Crippen molar-refractivity contribution in [2.75, 3.05) is 18.5 Å². The highest BCUT2D eigenvalue weighted by atomic mass is 16.2. The number of benzene rings is 1. The van der Waals surface area contributed by atoms with Gasteiger partial charge in [-0.25, -0.2) is 0 Å². The zero-order chi connectivity index (χ0) is 13.9. The van der Waals surface area contributed by atoms with E-state index in [9.17, 15) is 4.79 Å². The van der Waals surface area contributed by atoms with Crippen molar-refractivity contribution in [1.29, 1.82) is 0 Å². The normalized spacial score (nSPS) is 17.6. The number of carbonyl (C=O) groups excluding carboxylic acids is 1. The van der Waals surface area contributed by atoms with E-state index in [1.54, 1.807) is 24.5 Å². The van der Waals surface area contributed by atoms with Gasteiger partial charge in [0.15, 0.2) is 0 Å². The number of hydrogen-bond donors (Lipinski definition) is 1. The van der Waals surface area contributed by atoms with Crippen LogP contribution in [0.3, 0.4) is 0 Å². The van der Waals surface area contributed by atoms with Crippen LogP contribution in [-0.4, -0.2) is 24.5 Å². The molecule has 1 N–H and O–H groups in total. The van der Waals surface area contributed by atoms with E-state index in [1.807, 2.05) is 30.1 Å². The highest BCUT2D eigenvalue weighted by Crippen LogP contribution is 2.34. The monoisotopic (exact) mass is 267 g/mol. The van der Waals surface area contributed by atoms with Crippen molar-refractivity contribution in [3.05, 3.63) is 59.9 Å². The second-order valence-corrected chi connectivity index (χ2v) is 4.88. The Morgan fingerprint density at radius 3 is 2.75 bits per heavy atom. The summed E-state index contributed by atoms with van der Waals surface area (Å²) in [5.74, 6) is 0.0365. The summed E-state index contributed by atoms with van der Waals surface area (Å²) < 4.78 is 0. The average molecular weight is 267 g/mol. The first-order chi connectivity index (χ1) is 9.81. The van der Waals surface area contributed by atoms with Crippen LogP contribution in [0.5, 0.6) is 0 Å². The molecule has 1 aromatic carbocycles. The fraction of sp³-hybridized carbons (Fsp3) is 0.250. The van der Waals surface area contributed by atoms with Crippen LogP contribution in [0.1, 0.15) is 28.4 Å². The predicted molar refractivity (Wildman–Crippen MR) is 78.8 cm³/mol. The molecule has 1 atom stereocenters. The SMILES string of the molecule is CNC1CCN(C(=O)c2ccncc2)c2ccccc21. The lowest BCUT2D eigenvalue weighted by Crippen LogP contribution is -2.39. The first-order valence-electron chi connectivity index (χ1n) is 6.79. The maximum Gasteiger partial charge on any atom is 0.258 e. The predicted octanol–water partition coefficient (Wildman–Crippen LogP) is 2.39. The molecule has 0 radical (unpaired) electrons. The van der Waals surface area contributed by atoms with Gasteiger partial charge in [-0.2, -0.15) is 0 Å². The van der Waals surface area contributed by atoms with Crippen LogP contribution in [0.15, 0.2) is 48.8 Å². The van der Waals surface area contributed by atoms with Crippen molar-refractivity contribution < 1.29 is 4.79 Å². The fourth-order valence-corrected chi connectivity index (χ4v) is 2.72. The molecule has 0 fully saturated rings. The Morgan fingerprint density at radius 2 is 2.00 bits per heavy atom. The molecule has 4 heteroatoms. The lowest BCUT2D eigenvalue weighted by Gasteiger charge is -2.34. The smallest absolute Gasteiger partial charge is 0.258 e. The molecule has 1 amide bonds. The van der Waals surface area contributed by atoms with E-state index in [0.717, 1.165) is 18.7 Å². The lowest BCUT2D eigenvalue weighted by molar-refractivity contribution is 0.0983. The van der Waals surface area contributed by atoms with Crippen molar-refractivity contribution >= 4 is 11.6 Å². The number of hydrogen-bond acceptors (Lipinski definition) is 3. The lowest BCUT2D eigenvalue weighted by atomic mass is 9.96. The molecule has 2 heterocycles. The summed E-state index contributed by atoms with van der Waals surface area (Å²) in [5, 5.41) is 3.31. The molecular weight excluding hydrogens is 250 g/mol. The van der Waals surface area contributed by atoms with E-state index in [1.165, 1.54) is 5.56 Å². The molecule has 0 saturated heterocycles. The molecule has 0 bridgehead atoms. The van der Waals surface area contributed by atoms with Gasteiger partial charge >= 0.3 is 0 Å². The summed E-state index contributed by atoms with van der Waals surface area (Å²) in [6.45, 7) is 0.726. The van der Waals surface area contributed by atoms with Gasteiger partial charge in [0.1, 0.15) is 0 Å². The van der Waals surface area contributed by atoms with Gasteiger partial charge in [-0.1, -0.05) is 18.2 Å². The summed E-state index contributed by atoms with van der Waals surface area (Å²) in [4.78, 5) is 18.5. The standard InChI is InChI=1S/C16H17N3O/c1-17-14-8-11-19(15-5-3-2-4-13(14)15)16(20)12-6-9-18-10-7-12/h2-7,9-10,14,17H,8,11H2,1H3.